The molecule has 2 nitrogen and oxygen atoms in total. The number of nitrogens with one attached hydrogen (secondary N) is 1. The third-order valence-corrected chi connectivity index (χ3v) is 4.02. The number of hydrogen-bond donors (Lipinski definition) is 1. The molecule has 2 atom stereocenters. The quantitative estimate of drug-likeness (QED) is 0.857. The number of rotatable bonds is 4. The molecule has 2 rings (SSSR count). The first-order valence-electron chi connectivity index (χ1n) is 6.49. The molecule has 2 heteroatoms. The molecular formula is C15H23NO. The Morgan fingerprint density at radius 1 is 1.35 bits per heavy atom. The van der Waals surface area contributed by atoms with Crippen molar-refractivity contribution in [3.63, 3.8) is 0 Å². The maximum atomic E-state index is 5.75. The van der Waals surface area contributed by atoms with E-state index in [1.807, 2.05) is 0 Å². The monoisotopic (exact) mass is 233 g/mol. The van der Waals surface area contributed by atoms with Gasteiger partial charge in [0.25, 0.3) is 0 Å². The van der Waals surface area contributed by atoms with Crippen LogP contribution in [0.2, 0.25) is 0 Å². The highest BCUT2D eigenvalue weighted by Crippen LogP contribution is 2.44. The first-order chi connectivity index (χ1) is 8.05. The van der Waals surface area contributed by atoms with Gasteiger partial charge >= 0.3 is 0 Å². The van der Waals surface area contributed by atoms with Crippen LogP contribution in [0.5, 0.6) is 0 Å². The van der Waals surface area contributed by atoms with E-state index in [4.69, 9.17) is 4.74 Å². The van der Waals surface area contributed by atoms with Gasteiger partial charge in [-0.3, -0.25) is 0 Å². The predicted octanol–water partition coefficient (Wildman–Crippen LogP) is 3.61. The summed E-state index contributed by atoms with van der Waals surface area (Å²) in [7, 11) is 0. The summed E-state index contributed by atoms with van der Waals surface area (Å²) in [6.45, 7) is 9.59. The van der Waals surface area contributed by atoms with E-state index in [1.165, 1.54) is 11.3 Å². The number of ether oxygens (including phenoxy) is 1. The molecule has 0 aromatic heterocycles. The zero-order valence-corrected chi connectivity index (χ0v) is 11.3. The summed E-state index contributed by atoms with van der Waals surface area (Å²) >= 11 is 0. The van der Waals surface area contributed by atoms with Crippen LogP contribution in [0.15, 0.2) is 24.3 Å². The summed E-state index contributed by atoms with van der Waals surface area (Å²) in [4.78, 5) is 0. The molecule has 17 heavy (non-hydrogen) atoms. The summed E-state index contributed by atoms with van der Waals surface area (Å²) in [6.07, 6.45) is 1.50. The minimum atomic E-state index is 0.221. The Morgan fingerprint density at radius 2 is 2.06 bits per heavy atom. The standard InChI is InChI=1S/C15H23NO/c1-5-17-14-10-13(15(14,3)4)16-12-9-7-6-8-11(12)2/h6-9,13-14,16H,5,10H2,1-4H3. The Kier molecular flexibility index (Phi) is 3.43. The topological polar surface area (TPSA) is 21.3 Å². The van der Waals surface area contributed by atoms with E-state index in [-0.39, 0.29) is 5.41 Å². The highest BCUT2D eigenvalue weighted by atomic mass is 16.5. The minimum absolute atomic E-state index is 0.221. The Morgan fingerprint density at radius 3 is 2.65 bits per heavy atom. The largest absolute Gasteiger partial charge is 0.381 e. The smallest absolute Gasteiger partial charge is 0.0665 e. The van der Waals surface area contributed by atoms with Crippen LogP contribution >= 0.6 is 0 Å². The average Bonchev–Trinajstić information content (AvgIpc) is 2.30. The molecule has 1 fully saturated rings. The lowest BCUT2D eigenvalue weighted by molar-refractivity contribution is -0.0976. The number of anilines is 1. The van der Waals surface area contributed by atoms with Gasteiger partial charge in [-0.25, -0.2) is 0 Å². The fourth-order valence-electron chi connectivity index (χ4n) is 2.54. The first-order valence-corrected chi connectivity index (χ1v) is 6.49. The Labute approximate surface area is 104 Å². The van der Waals surface area contributed by atoms with Gasteiger partial charge in [0.2, 0.25) is 0 Å². The van der Waals surface area contributed by atoms with Gasteiger partial charge < -0.3 is 10.1 Å². The normalized spacial score (nSPS) is 26.4. The lowest BCUT2D eigenvalue weighted by atomic mass is 9.64. The van der Waals surface area contributed by atoms with Gasteiger partial charge in [0.15, 0.2) is 0 Å². The molecule has 0 bridgehead atoms. The molecule has 2 unspecified atom stereocenters. The van der Waals surface area contributed by atoms with Crippen LogP contribution in [0.1, 0.15) is 32.8 Å². The second kappa shape index (κ2) is 4.69. The van der Waals surface area contributed by atoms with Crippen LogP contribution in [0.4, 0.5) is 5.69 Å². The van der Waals surface area contributed by atoms with Crippen molar-refractivity contribution in [2.24, 2.45) is 5.41 Å². The van der Waals surface area contributed by atoms with Crippen molar-refractivity contribution in [3.8, 4) is 0 Å². The van der Waals surface area contributed by atoms with Crippen LogP contribution in [0.3, 0.4) is 0 Å². The van der Waals surface area contributed by atoms with Crippen molar-refractivity contribution in [2.45, 2.75) is 46.3 Å². The Bertz CT molecular complexity index is 386. The molecule has 1 saturated carbocycles. The van der Waals surface area contributed by atoms with Crippen molar-refractivity contribution in [1.29, 1.82) is 0 Å². The van der Waals surface area contributed by atoms with Crippen LogP contribution in [-0.2, 0) is 4.74 Å². The van der Waals surface area contributed by atoms with Gasteiger partial charge in [-0.1, -0.05) is 32.0 Å². The third kappa shape index (κ3) is 2.32. The van der Waals surface area contributed by atoms with Crippen LogP contribution in [-0.4, -0.2) is 18.8 Å². The first kappa shape index (κ1) is 12.4. The lowest BCUT2D eigenvalue weighted by Gasteiger charge is -2.52. The number of para-hydroxylation sites is 1. The highest BCUT2D eigenvalue weighted by Gasteiger charge is 2.48. The third-order valence-electron chi connectivity index (χ3n) is 4.02. The van der Waals surface area contributed by atoms with Gasteiger partial charge in [-0.05, 0) is 31.9 Å². The van der Waals surface area contributed by atoms with Gasteiger partial charge in [-0.15, -0.1) is 0 Å². The summed E-state index contributed by atoms with van der Waals surface area (Å²) in [5, 5.41) is 3.65. The van der Waals surface area contributed by atoms with E-state index in [0.717, 1.165) is 13.0 Å². The van der Waals surface area contributed by atoms with Gasteiger partial charge in [-0.2, -0.15) is 0 Å². The van der Waals surface area contributed by atoms with E-state index in [0.29, 0.717) is 12.1 Å². The van der Waals surface area contributed by atoms with Crippen molar-refractivity contribution in [3.05, 3.63) is 29.8 Å². The maximum Gasteiger partial charge on any atom is 0.0665 e. The van der Waals surface area contributed by atoms with E-state index >= 15 is 0 Å². The van der Waals surface area contributed by atoms with Crippen molar-refractivity contribution in [2.75, 3.05) is 11.9 Å². The maximum absolute atomic E-state index is 5.75. The van der Waals surface area contributed by atoms with E-state index in [9.17, 15) is 0 Å². The molecular weight excluding hydrogens is 210 g/mol. The summed E-state index contributed by atoms with van der Waals surface area (Å²) in [6, 6.07) is 8.98. The number of benzene rings is 1. The second-order valence-electron chi connectivity index (χ2n) is 5.51. The molecule has 0 spiro atoms. The molecule has 1 aromatic carbocycles. The van der Waals surface area contributed by atoms with Crippen molar-refractivity contribution >= 4 is 5.69 Å². The predicted molar refractivity (Wildman–Crippen MR) is 72.4 cm³/mol. The molecule has 1 aliphatic carbocycles. The Balaban J connectivity index is 2.01. The minimum Gasteiger partial charge on any atom is -0.381 e. The van der Waals surface area contributed by atoms with Crippen LogP contribution in [0, 0.1) is 12.3 Å². The zero-order chi connectivity index (χ0) is 12.5. The van der Waals surface area contributed by atoms with Crippen LogP contribution in [0.25, 0.3) is 0 Å². The Hall–Kier alpha value is -1.02. The SMILES string of the molecule is CCOC1CC(Nc2ccccc2C)C1(C)C. The summed E-state index contributed by atoms with van der Waals surface area (Å²) in [5.41, 5.74) is 2.78. The molecule has 0 amide bonds. The lowest BCUT2D eigenvalue weighted by Crippen LogP contribution is -2.58. The molecule has 1 aliphatic rings. The number of aryl methyl sites for hydroxylation is 1. The van der Waals surface area contributed by atoms with Crippen molar-refractivity contribution in [1.82, 2.24) is 0 Å². The molecule has 1 aromatic rings. The molecule has 0 saturated heterocycles. The van der Waals surface area contributed by atoms with E-state index in [2.05, 4.69) is 57.3 Å². The van der Waals surface area contributed by atoms with Crippen molar-refractivity contribution < 1.29 is 4.74 Å². The highest BCUT2D eigenvalue weighted by molar-refractivity contribution is 5.51. The average molecular weight is 233 g/mol. The zero-order valence-electron chi connectivity index (χ0n) is 11.3. The van der Waals surface area contributed by atoms with Gasteiger partial charge in [0.1, 0.15) is 0 Å². The number of hydrogen-bond acceptors (Lipinski definition) is 2. The molecule has 1 N–H and O–H groups in total. The van der Waals surface area contributed by atoms with Crippen LogP contribution < -0.4 is 5.32 Å². The van der Waals surface area contributed by atoms with Gasteiger partial charge in [0.05, 0.1) is 6.10 Å². The molecule has 0 radical (unpaired) electrons. The van der Waals surface area contributed by atoms with E-state index < -0.39 is 0 Å². The molecule has 0 heterocycles. The van der Waals surface area contributed by atoms with Gasteiger partial charge in [0, 0.05) is 23.8 Å². The summed E-state index contributed by atoms with van der Waals surface area (Å²) < 4.78 is 5.75. The second-order valence-corrected chi connectivity index (χ2v) is 5.51. The molecule has 94 valence electrons. The fraction of sp³-hybridized carbons (Fsp3) is 0.600. The fourth-order valence-corrected chi connectivity index (χ4v) is 2.54. The summed E-state index contributed by atoms with van der Waals surface area (Å²) in [5.74, 6) is 0. The van der Waals surface area contributed by atoms with E-state index in [1.54, 1.807) is 0 Å². The molecule has 0 aliphatic heterocycles.